The van der Waals surface area contributed by atoms with Crippen molar-refractivity contribution in [2.75, 3.05) is 6.54 Å². The molecular formula is C13H24F2N2O2. The molecule has 1 atom stereocenters. The van der Waals surface area contributed by atoms with Crippen LogP contribution in [0.4, 0.5) is 13.6 Å². The third-order valence-electron chi connectivity index (χ3n) is 2.56. The molecule has 2 amide bonds. The zero-order valence-electron chi connectivity index (χ0n) is 12.4. The van der Waals surface area contributed by atoms with E-state index >= 15 is 0 Å². The molecule has 0 saturated heterocycles. The van der Waals surface area contributed by atoms with E-state index in [0.717, 1.165) is 0 Å². The number of carbonyl (C=O) groups is 2. The first-order valence-corrected chi connectivity index (χ1v) is 6.22. The van der Waals surface area contributed by atoms with E-state index in [1.54, 1.807) is 20.8 Å². The highest BCUT2D eigenvalue weighted by atomic mass is 19.3. The molecule has 0 saturated carbocycles. The van der Waals surface area contributed by atoms with Crippen LogP contribution >= 0.6 is 0 Å². The minimum atomic E-state index is -2.61. The molecule has 0 aliphatic rings. The number of carbonyl (C=O) groups excluding carboxylic acids is 2. The maximum atomic E-state index is 12.3. The monoisotopic (exact) mass is 278 g/mol. The van der Waals surface area contributed by atoms with Crippen LogP contribution in [0.15, 0.2) is 0 Å². The first-order chi connectivity index (χ1) is 8.35. The number of urea groups is 1. The molecule has 0 bridgehead atoms. The van der Waals surface area contributed by atoms with Crippen molar-refractivity contribution in [3.05, 3.63) is 0 Å². The van der Waals surface area contributed by atoms with Crippen LogP contribution in [-0.2, 0) is 4.79 Å². The van der Waals surface area contributed by atoms with Crippen molar-refractivity contribution in [2.45, 2.75) is 54.0 Å². The van der Waals surface area contributed by atoms with Crippen LogP contribution in [-0.4, -0.2) is 30.8 Å². The summed E-state index contributed by atoms with van der Waals surface area (Å²) >= 11 is 0. The van der Waals surface area contributed by atoms with E-state index in [-0.39, 0.29) is 5.78 Å². The Bertz CT molecular complexity index is 331. The van der Waals surface area contributed by atoms with Crippen LogP contribution in [0, 0.1) is 10.8 Å². The summed E-state index contributed by atoms with van der Waals surface area (Å²) in [6.07, 6.45) is -2.61. The summed E-state index contributed by atoms with van der Waals surface area (Å²) in [5.74, 6) is -0.132. The van der Waals surface area contributed by atoms with Crippen molar-refractivity contribution >= 4 is 11.8 Å². The van der Waals surface area contributed by atoms with Gasteiger partial charge in [0.15, 0.2) is 5.78 Å². The van der Waals surface area contributed by atoms with Gasteiger partial charge in [-0.25, -0.2) is 13.6 Å². The first-order valence-electron chi connectivity index (χ1n) is 6.22. The second-order valence-electron chi connectivity index (χ2n) is 6.66. The highest BCUT2D eigenvalue weighted by Crippen LogP contribution is 2.27. The van der Waals surface area contributed by atoms with Gasteiger partial charge in [-0.2, -0.15) is 0 Å². The van der Waals surface area contributed by atoms with Crippen LogP contribution < -0.4 is 10.6 Å². The Morgan fingerprint density at radius 2 is 1.53 bits per heavy atom. The van der Waals surface area contributed by atoms with Gasteiger partial charge in [0.1, 0.15) is 0 Å². The molecule has 0 rings (SSSR count). The number of rotatable bonds is 4. The Kier molecular flexibility index (Phi) is 5.90. The summed E-state index contributed by atoms with van der Waals surface area (Å²) < 4.78 is 24.0. The summed E-state index contributed by atoms with van der Waals surface area (Å²) in [5.41, 5.74) is -1.11. The van der Waals surface area contributed by atoms with Gasteiger partial charge < -0.3 is 10.6 Å². The van der Waals surface area contributed by atoms with Gasteiger partial charge in [-0.1, -0.05) is 41.5 Å². The molecule has 0 aromatic carbocycles. The van der Waals surface area contributed by atoms with Gasteiger partial charge in [-0.15, -0.1) is 0 Å². The number of nitrogens with one attached hydrogen (secondary N) is 2. The molecule has 0 aromatic heterocycles. The van der Waals surface area contributed by atoms with Crippen LogP contribution in [0.2, 0.25) is 0 Å². The smallest absolute Gasteiger partial charge is 0.315 e. The van der Waals surface area contributed by atoms with Gasteiger partial charge in [0.05, 0.1) is 12.6 Å². The molecule has 112 valence electrons. The van der Waals surface area contributed by atoms with E-state index in [1.165, 1.54) is 0 Å². The topological polar surface area (TPSA) is 58.2 Å². The molecule has 6 heteroatoms. The second-order valence-corrected chi connectivity index (χ2v) is 6.66. The fourth-order valence-corrected chi connectivity index (χ4v) is 1.46. The summed E-state index contributed by atoms with van der Waals surface area (Å²) in [7, 11) is 0. The van der Waals surface area contributed by atoms with E-state index in [2.05, 4.69) is 5.32 Å². The molecule has 0 fully saturated rings. The van der Waals surface area contributed by atoms with Crippen molar-refractivity contribution in [1.82, 2.24) is 10.6 Å². The molecule has 4 nitrogen and oxygen atoms in total. The third kappa shape index (κ3) is 6.50. The summed E-state index contributed by atoms with van der Waals surface area (Å²) in [4.78, 5) is 23.8. The molecule has 0 radical (unpaired) electrons. The minimum absolute atomic E-state index is 0.132. The van der Waals surface area contributed by atoms with Gasteiger partial charge >= 0.3 is 6.03 Å². The molecule has 19 heavy (non-hydrogen) atoms. The number of hydrogen-bond acceptors (Lipinski definition) is 2. The fraction of sp³-hybridized carbons (Fsp3) is 0.846. The quantitative estimate of drug-likeness (QED) is 0.830. The Hall–Kier alpha value is -1.20. The second kappa shape index (κ2) is 6.30. The predicted octanol–water partition coefficient (Wildman–Crippen LogP) is 2.58. The third-order valence-corrected chi connectivity index (χ3v) is 2.56. The number of Topliss-reactive ketones (excluding diaryl/α,β-unsaturated/α-hetero) is 1. The van der Waals surface area contributed by atoms with Crippen molar-refractivity contribution < 1.29 is 18.4 Å². The average molecular weight is 278 g/mol. The normalized spacial score (nSPS) is 14.2. The lowest BCUT2D eigenvalue weighted by atomic mass is 9.76. The highest BCUT2D eigenvalue weighted by Gasteiger charge is 2.38. The number of alkyl halides is 2. The maximum absolute atomic E-state index is 12.3. The van der Waals surface area contributed by atoms with E-state index < -0.39 is 35.9 Å². The zero-order chi connectivity index (χ0) is 15.4. The van der Waals surface area contributed by atoms with Gasteiger partial charge in [-0.3, -0.25) is 4.79 Å². The fourth-order valence-electron chi connectivity index (χ4n) is 1.46. The summed E-state index contributed by atoms with van der Waals surface area (Å²) in [6, 6.07) is -1.48. The number of ketones is 1. The molecule has 0 spiro atoms. The van der Waals surface area contributed by atoms with Gasteiger partial charge in [0.2, 0.25) is 0 Å². The highest BCUT2D eigenvalue weighted by molar-refractivity contribution is 5.92. The van der Waals surface area contributed by atoms with Crippen LogP contribution in [0.3, 0.4) is 0 Å². The SMILES string of the molecule is CC(C)(C)C(=O)C(NC(=O)NCC(F)F)C(C)(C)C. The van der Waals surface area contributed by atoms with Crippen molar-refractivity contribution in [2.24, 2.45) is 10.8 Å². The lowest BCUT2D eigenvalue weighted by molar-refractivity contribution is -0.130. The predicted molar refractivity (Wildman–Crippen MR) is 70.2 cm³/mol. The number of amides is 2. The minimum Gasteiger partial charge on any atom is -0.332 e. The van der Waals surface area contributed by atoms with Gasteiger partial charge in [0, 0.05) is 5.41 Å². The Morgan fingerprint density at radius 1 is 1.05 bits per heavy atom. The van der Waals surface area contributed by atoms with Gasteiger partial charge in [-0.05, 0) is 5.41 Å². The summed E-state index contributed by atoms with van der Waals surface area (Å²) in [6.45, 7) is 9.98. The van der Waals surface area contributed by atoms with Gasteiger partial charge in [0.25, 0.3) is 6.43 Å². The lowest BCUT2D eigenvalue weighted by Crippen LogP contribution is -2.55. The van der Waals surface area contributed by atoms with E-state index in [9.17, 15) is 18.4 Å². The van der Waals surface area contributed by atoms with E-state index in [4.69, 9.17) is 0 Å². The van der Waals surface area contributed by atoms with Crippen molar-refractivity contribution in [1.29, 1.82) is 0 Å². The van der Waals surface area contributed by atoms with Crippen LogP contribution in [0.1, 0.15) is 41.5 Å². The first kappa shape index (κ1) is 17.8. The standard InChI is InChI=1S/C13H24F2N2O2/c1-12(2,3)9(10(18)13(4,5)6)17-11(19)16-7-8(14)15/h8-9H,7H2,1-6H3,(H2,16,17,19). The molecule has 0 aromatic rings. The molecule has 0 aliphatic carbocycles. The largest absolute Gasteiger partial charge is 0.332 e. The van der Waals surface area contributed by atoms with E-state index in [0.29, 0.717) is 0 Å². The molecular weight excluding hydrogens is 254 g/mol. The molecule has 1 unspecified atom stereocenters. The molecule has 0 heterocycles. The zero-order valence-corrected chi connectivity index (χ0v) is 12.4. The molecule has 0 aliphatic heterocycles. The lowest BCUT2D eigenvalue weighted by Gasteiger charge is -2.34. The Balaban J connectivity index is 4.82. The van der Waals surface area contributed by atoms with Crippen LogP contribution in [0.25, 0.3) is 0 Å². The van der Waals surface area contributed by atoms with E-state index in [1.807, 2.05) is 26.1 Å². The average Bonchev–Trinajstić information content (AvgIpc) is 2.19. The van der Waals surface area contributed by atoms with Crippen molar-refractivity contribution in [3.8, 4) is 0 Å². The maximum Gasteiger partial charge on any atom is 0.315 e. The van der Waals surface area contributed by atoms with Crippen LogP contribution in [0.5, 0.6) is 0 Å². The Morgan fingerprint density at radius 3 is 1.84 bits per heavy atom. The number of hydrogen-bond donors (Lipinski definition) is 2. The molecule has 2 N–H and O–H groups in total. The Labute approximate surface area is 113 Å². The summed E-state index contributed by atoms with van der Waals surface area (Å²) in [5, 5.41) is 4.52. The number of halogens is 2. The van der Waals surface area contributed by atoms with Crippen molar-refractivity contribution in [3.63, 3.8) is 0 Å².